The number of hydrogen-bond acceptors (Lipinski definition) is 2. The zero-order valence-electron chi connectivity index (χ0n) is 10.8. The van der Waals surface area contributed by atoms with E-state index in [9.17, 15) is 0 Å². The van der Waals surface area contributed by atoms with Gasteiger partial charge in [-0.15, -0.1) is 0 Å². The zero-order valence-corrected chi connectivity index (χ0v) is 10.8. The Labute approximate surface area is 108 Å². The summed E-state index contributed by atoms with van der Waals surface area (Å²) < 4.78 is 2.13. The van der Waals surface area contributed by atoms with Crippen LogP contribution >= 0.6 is 0 Å². The van der Waals surface area contributed by atoms with E-state index in [-0.39, 0.29) is 0 Å². The Morgan fingerprint density at radius 2 is 2.28 bits per heavy atom. The van der Waals surface area contributed by atoms with Crippen molar-refractivity contribution in [2.75, 3.05) is 5.32 Å². The van der Waals surface area contributed by atoms with Gasteiger partial charge in [0.2, 0.25) is 0 Å². The van der Waals surface area contributed by atoms with Gasteiger partial charge in [0.25, 0.3) is 0 Å². The lowest BCUT2D eigenvalue weighted by molar-refractivity contribution is 0.621. The molecule has 3 rings (SSSR count). The molecule has 94 valence electrons. The highest BCUT2D eigenvalue weighted by Crippen LogP contribution is 2.25. The number of rotatable bonds is 3. The van der Waals surface area contributed by atoms with Crippen LogP contribution < -0.4 is 5.32 Å². The van der Waals surface area contributed by atoms with Crippen molar-refractivity contribution in [1.29, 1.82) is 0 Å². The Morgan fingerprint density at radius 1 is 1.39 bits per heavy atom. The molecule has 0 spiro atoms. The standard InChI is InChI=1S/C15H19N3/c1-2-18-10-14(16-11-18)9-13-8-7-12-5-3-4-6-15(12)17-13/h3-6,10-11,13,17H,2,7-9H2,1H3. The van der Waals surface area contributed by atoms with Crippen molar-refractivity contribution in [1.82, 2.24) is 9.55 Å². The number of aryl methyl sites for hydroxylation is 2. The van der Waals surface area contributed by atoms with Gasteiger partial charge in [0.1, 0.15) is 0 Å². The summed E-state index contributed by atoms with van der Waals surface area (Å²) in [6, 6.07) is 9.11. The number of nitrogens with one attached hydrogen (secondary N) is 1. The van der Waals surface area contributed by atoms with Gasteiger partial charge < -0.3 is 9.88 Å². The number of fused-ring (bicyclic) bond motifs is 1. The number of imidazole rings is 1. The Hall–Kier alpha value is -1.77. The Bertz CT molecular complexity index is 530. The SMILES string of the molecule is CCn1cnc(CC2CCc3ccccc3N2)c1. The maximum Gasteiger partial charge on any atom is 0.0949 e. The highest BCUT2D eigenvalue weighted by Gasteiger charge is 2.18. The second-order valence-corrected chi connectivity index (χ2v) is 4.94. The van der Waals surface area contributed by atoms with Crippen LogP contribution in [0.2, 0.25) is 0 Å². The normalized spacial score (nSPS) is 18.2. The topological polar surface area (TPSA) is 29.9 Å². The van der Waals surface area contributed by atoms with Crippen molar-refractivity contribution in [2.24, 2.45) is 0 Å². The van der Waals surface area contributed by atoms with Gasteiger partial charge >= 0.3 is 0 Å². The molecule has 1 unspecified atom stereocenters. The summed E-state index contributed by atoms with van der Waals surface area (Å²) in [7, 11) is 0. The van der Waals surface area contributed by atoms with Crippen LogP contribution in [0.25, 0.3) is 0 Å². The monoisotopic (exact) mass is 241 g/mol. The molecule has 1 aliphatic rings. The Balaban J connectivity index is 1.69. The fourth-order valence-electron chi connectivity index (χ4n) is 2.59. The average Bonchev–Trinajstić information content (AvgIpc) is 2.86. The number of para-hydroxylation sites is 1. The first-order valence-electron chi connectivity index (χ1n) is 6.70. The number of benzene rings is 1. The molecular formula is C15H19N3. The summed E-state index contributed by atoms with van der Waals surface area (Å²) in [5.74, 6) is 0. The first-order chi connectivity index (χ1) is 8.85. The molecule has 18 heavy (non-hydrogen) atoms. The summed E-state index contributed by atoms with van der Waals surface area (Å²) >= 11 is 0. The van der Waals surface area contributed by atoms with Crippen molar-refractivity contribution >= 4 is 5.69 Å². The van der Waals surface area contributed by atoms with Crippen LogP contribution in [-0.4, -0.2) is 15.6 Å². The van der Waals surface area contributed by atoms with E-state index in [1.807, 2.05) is 6.33 Å². The van der Waals surface area contributed by atoms with Gasteiger partial charge in [0, 0.05) is 30.9 Å². The molecule has 3 heteroatoms. The second kappa shape index (κ2) is 4.84. The fourth-order valence-corrected chi connectivity index (χ4v) is 2.59. The molecular weight excluding hydrogens is 222 g/mol. The van der Waals surface area contributed by atoms with E-state index in [1.165, 1.54) is 29.8 Å². The van der Waals surface area contributed by atoms with Crippen LogP contribution in [-0.2, 0) is 19.4 Å². The van der Waals surface area contributed by atoms with Gasteiger partial charge in [-0.25, -0.2) is 4.98 Å². The smallest absolute Gasteiger partial charge is 0.0949 e. The molecule has 2 aromatic rings. The molecule has 1 aromatic carbocycles. The number of nitrogens with zero attached hydrogens (tertiary/aromatic N) is 2. The minimum Gasteiger partial charge on any atom is -0.382 e. The van der Waals surface area contributed by atoms with Crippen LogP contribution in [0.15, 0.2) is 36.8 Å². The van der Waals surface area contributed by atoms with Gasteiger partial charge in [0.05, 0.1) is 12.0 Å². The summed E-state index contributed by atoms with van der Waals surface area (Å²) in [5, 5.41) is 3.62. The summed E-state index contributed by atoms with van der Waals surface area (Å²) in [6.07, 6.45) is 7.45. The molecule has 1 atom stereocenters. The lowest BCUT2D eigenvalue weighted by Gasteiger charge is -2.26. The fraction of sp³-hybridized carbons (Fsp3) is 0.400. The van der Waals surface area contributed by atoms with Crippen molar-refractivity contribution in [3.8, 4) is 0 Å². The molecule has 3 nitrogen and oxygen atoms in total. The Morgan fingerprint density at radius 3 is 3.11 bits per heavy atom. The predicted octanol–water partition coefficient (Wildman–Crippen LogP) is 2.87. The third-order valence-corrected chi connectivity index (χ3v) is 3.65. The molecule has 0 radical (unpaired) electrons. The second-order valence-electron chi connectivity index (χ2n) is 4.94. The quantitative estimate of drug-likeness (QED) is 0.895. The Kier molecular flexibility index (Phi) is 3.05. The maximum absolute atomic E-state index is 4.46. The molecule has 0 fully saturated rings. The van der Waals surface area contributed by atoms with E-state index < -0.39 is 0 Å². The van der Waals surface area contributed by atoms with Gasteiger partial charge in [0.15, 0.2) is 0 Å². The lowest BCUT2D eigenvalue weighted by Crippen LogP contribution is -2.27. The van der Waals surface area contributed by atoms with E-state index in [0.717, 1.165) is 13.0 Å². The molecule has 0 saturated carbocycles. The van der Waals surface area contributed by atoms with Crippen LogP contribution in [0.4, 0.5) is 5.69 Å². The third-order valence-electron chi connectivity index (χ3n) is 3.65. The molecule has 0 bridgehead atoms. The minimum atomic E-state index is 0.514. The molecule has 0 saturated heterocycles. The van der Waals surface area contributed by atoms with E-state index in [0.29, 0.717) is 6.04 Å². The number of aromatic nitrogens is 2. The lowest BCUT2D eigenvalue weighted by atomic mass is 9.95. The van der Waals surface area contributed by atoms with Crippen LogP contribution in [0, 0.1) is 0 Å². The minimum absolute atomic E-state index is 0.514. The van der Waals surface area contributed by atoms with Crippen molar-refractivity contribution in [3.05, 3.63) is 48.0 Å². The zero-order chi connectivity index (χ0) is 12.4. The van der Waals surface area contributed by atoms with Crippen LogP contribution in [0.1, 0.15) is 24.6 Å². The van der Waals surface area contributed by atoms with Crippen molar-refractivity contribution in [3.63, 3.8) is 0 Å². The highest BCUT2D eigenvalue weighted by molar-refractivity contribution is 5.53. The van der Waals surface area contributed by atoms with Gasteiger partial charge in [-0.05, 0) is 31.4 Å². The first kappa shape index (κ1) is 11.3. The number of hydrogen-bond donors (Lipinski definition) is 1. The summed E-state index contributed by atoms with van der Waals surface area (Å²) in [5.41, 5.74) is 3.92. The van der Waals surface area contributed by atoms with Gasteiger partial charge in [-0.2, -0.15) is 0 Å². The van der Waals surface area contributed by atoms with Crippen molar-refractivity contribution < 1.29 is 0 Å². The molecule has 1 N–H and O–H groups in total. The van der Waals surface area contributed by atoms with E-state index in [2.05, 4.69) is 52.3 Å². The van der Waals surface area contributed by atoms with Gasteiger partial charge in [-0.3, -0.25) is 0 Å². The number of anilines is 1. The van der Waals surface area contributed by atoms with Gasteiger partial charge in [-0.1, -0.05) is 18.2 Å². The van der Waals surface area contributed by atoms with Crippen LogP contribution in [0.3, 0.4) is 0 Å². The molecule has 0 aliphatic carbocycles. The summed E-state index contributed by atoms with van der Waals surface area (Å²) in [4.78, 5) is 4.46. The summed E-state index contributed by atoms with van der Waals surface area (Å²) in [6.45, 7) is 3.13. The molecule has 1 aliphatic heterocycles. The largest absolute Gasteiger partial charge is 0.382 e. The van der Waals surface area contributed by atoms with Crippen molar-refractivity contribution in [2.45, 2.75) is 38.8 Å². The van der Waals surface area contributed by atoms with E-state index >= 15 is 0 Å². The third kappa shape index (κ3) is 2.26. The average molecular weight is 241 g/mol. The van der Waals surface area contributed by atoms with E-state index in [1.54, 1.807) is 0 Å². The maximum atomic E-state index is 4.46. The van der Waals surface area contributed by atoms with Crippen LogP contribution in [0.5, 0.6) is 0 Å². The predicted molar refractivity (Wildman–Crippen MR) is 73.8 cm³/mol. The molecule has 2 heterocycles. The first-order valence-corrected chi connectivity index (χ1v) is 6.70. The highest BCUT2D eigenvalue weighted by atomic mass is 15.0. The molecule has 1 aromatic heterocycles. The molecule has 0 amide bonds. The van der Waals surface area contributed by atoms with E-state index in [4.69, 9.17) is 0 Å².